The second kappa shape index (κ2) is 1.39. The fourth-order valence-corrected chi connectivity index (χ4v) is 0.406. The van der Waals surface area contributed by atoms with Crippen LogP contribution >= 0.6 is 0 Å². The summed E-state index contributed by atoms with van der Waals surface area (Å²) in [6, 6.07) is 0. The highest BCUT2D eigenvalue weighted by atomic mass is 16.1. The van der Waals surface area contributed by atoms with Gasteiger partial charge in [-0.15, -0.1) is 0 Å². The molecule has 0 aromatic rings. The van der Waals surface area contributed by atoms with Gasteiger partial charge in [0.2, 0.25) is 0 Å². The number of carbonyl (C=O) groups is 1. The number of nitrogens with zero attached hydrogens (tertiary/aromatic N) is 1. The van der Waals surface area contributed by atoms with Crippen molar-refractivity contribution in [3.63, 3.8) is 0 Å². The predicted molar refractivity (Wildman–Crippen MR) is 21.2 cm³/mol. The van der Waals surface area contributed by atoms with Crippen LogP contribution in [0.25, 0.3) is 0 Å². The average molecular weight is 83.1 g/mol. The standard InChI is InChI=1S/C4H5NO/c6-4-1-2-5-3-4/h1H,2-3H2. The highest BCUT2D eigenvalue weighted by Crippen LogP contribution is 1.86. The molecule has 0 atom stereocenters. The van der Waals surface area contributed by atoms with Crippen LogP contribution in [0.15, 0.2) is 0 Å². The van der Waals surface area contributed by atoms with E-state index in [1.54, 1.807) is 6.42 Å². The minimum atomic E-state index is 0.162. The second-order valence-corrected chi connectivity index (χ2v) is 1.23. The van der Waals surface area contributed by atoms with Gasteiger partial charge in [0.1, 0.15) is 0 Å². The van der Waals surface area contributed by atoms with E-state index in [0.29, 0.717) is 13.1 Å². The van der Waals surface area contributed by atoms with Crippen molar-refractivity contribution in [2.75, 3.05) is 13.1 Å². The van der Waals surface area contributed by atoms with E-state index in [1.165, 1.54) is 0 Å². The van der Waals surface area contributed by atoms with Crippen molar-refractivity contribution in [1.29, 1.82) is 0 Å². The summed E-state index contributed by atoms with van der Waals surface area (Å²) < 4.78 is 0. The maximum absolute atomic E-state index is 10.1. The monoisotopic (exact) mass is 83.0 g/mol. The molecule has 0 N–H and O–H groups in total. The molecule has 1 heterocycles. The summed E-state index contributed by atoms with van der Waals surface area (Å²) in [4.78, 5) is 10.1. The first-order chi connectivity index (χ1) is 2.89. The molecule has 0 aromatic heterocycles. The smallest absolute Gasteiger partial charge is 0.153 e. The van der Waals surface area contributed by atoms with Crippen LogP contribution in [0, 0.1) is 6.42 Å². The van der Waals surface area contributed by atoms with Crippen LogP contribution in [0.4, 0.5) is 0 Å². The lowest BCUT2D eigenvalue weighted by molar-refractivity contribution is -0.113. The van der Waals surface area contributed by atoms with Gasteiger partial charge in [-0.1, -0.05) is 0 Å². The number of ketones is 1. The minimum absolute atomic E-state index is 0.162. The van der Waals surface area contributed by atoms with Crippen molar-refractivity contribution < 1.29 is 4.79 Å². The van der Waals surface area contributed by atoms with E-state index in [0.717, 1.165) is 0 Å². The van der Waals surface area contributed by atoms with Gasteiger partial charge in [-0.05, 0) is 0 Å². The Bertz CT molecular complexity index is 61.9. The summed E-state index contributed by atoms with van der Waals surface area (Å²) in [6.45, 7) is 1.05. The van der Waals surface area contributed by atoms with Gasteiger partial charge in [-0.2, -0.15) is 0 Å². The SMILES string of the molecule is O=C1[CH]C[N]C1. The number of rotatable bonds is 0. The molecule has 0 spiro atoms. The summed E-state index contributed by atoms with van der Waals surface area (Å²) >= 11 is 0. The molecule has 0 bridgehead atoms. The Hall–Kier alpha value is -0.370. The summed E-state index contributed by atoms with van der Waals surface area (Å²) in [7, 11) is 0. The van der Waals surface area contributed by atoms with Crippen LogP contribution in [0.3, 0.4) is 0 Å². The Balaban J connectivity index is 2.37. The molecule has 2 radical (unpaired) electrons. The molecule has 32 valence electrons. The Morgan fingerprint density at radius 2 is 2.67 bits per heavy atom. The van der Waals surface area contributed by atoms with Gasteiger partial charge in [-0.25, -0.2) is 5.32 Å². The number of carbonyl (C=O) groups excluding carboxylic acids is 1. The van der Waals surface area contributed by atoms with Crippen molar-refractivity contribution in [2.45, 2.75) is 0 Å². The summed E-state index contributed by atoms with van der Waals surface area (Å²) in [6.07, 6.45) is 1.60. The number of hydrogen-bond acceptors (Lipinski definition) is 1. The van der Waals surface area contributed by atoms with Crippen LogP contribution in [0.1, 0.15) is 0 Å². The van der Waals surface area contributed by atoms with E-state index >= 15 is 0 Å². The van der Waals surface area contributed by atoms with E-state index in [-0.39, 0.29) is 5.78 Å². The molecule has 1 rings (SSSR count). The van der Waals surface area contributed by atoms with Gasteiger partial charge in [0.15, 0.2) is 5.78 Å². The molecule has 0 aliphatic carbocycles. The third kappa shape index (κ3) is 0.571. The van der Waals surface area contributed by atoms with Gasteiger partial charge in [0.05, 0.1) is 6.54 Å². The molecule has 1 fully saturated rings. The van der Waals surface area contributed by atoms with Gasteiger partial charge in [-0.3, -0.25) is 4.79 Å². The van der Waals surface area contributed by atoms with Gasteiger partial charge >= 0.3 is 0 Å². The quantitative estimate of drug-likeness (QED) is 0.384. The molecule has 0 aromatic carbocycles. The van der Waals surface area contributed by atoms with Crippen LogP contribution in [-0.4, -0.2) is 18.9 Å². The van der Waals surface area contributed by atoms with Crippen molar-refractivity contribution in [1.82, 2.24) is 5.32 Å². The van der Waals surface area contributed by atoms with Gasteiger partial charge < -0.3 is 0 Å². The molecule has 6 heavy (non-hydrogen) atoms. The summed E-state index contributed by atoms with van der Waals surface area (Å²) in [5, 5.41) is 3.76. The third-order valence-electron chi connectivity index (χ3n) is 0.716. The van der Waals surface area contributed by atoms with Crippen LogP contribution in [0.2, 0.25) is 0 Å². The predicted octanol–water partition coefficient (Wildman–Crippen LogP) is -0.622. The first-order valence-electron chi connectivity index (χ1n) is 1.89. The molecular weight excluding hydrogens is 78.0 g/mol. The minimum Gasteiger partial charge on any atom is -0.298 e. The molecule has 0 saturated carbocycles. The Labute approximate surface area is 36.5 Å². The lowest BCUT2D eigenvalue weighted by Crippen LogP contribution is -1.98. The number of hydrogen-bond donors (Lipinski definition) is 0. The van der Waals surface area contributed by atoms with Gasteiger partial charge in [0, 0.05) is 13.0 Å². The lowest BCUT2D eigenvalue weighted by Gasteiger charge is -1.71. The highest BCUT2D eigenvalue weighted by molar-refractivity contribution is 5.90. The zero-order chi connectivity index (χ0) is 4.41. The summed E-state index contributed by atoms with van der Waals surface area (Å²) in [5.74, 6) is 0.162. The lowest BCUT2D eigenvalue weighted by atomic mass is 10.4. The van der Waals surface area contributed by atoms with E-state index in [4.69, 9.17) is 0 Å². The zero-order valence-corrected chi connectivity index (χ0v) is 3.35. The van der Waals surface area contributed by atoms with E-state index in [1.807, 2.05) is 0 Å². The Morgan fingerprint density at radius 1 is 1.83 bits per heavy atom. The molecule has 1 aliphatic heterocycles. The first-order valence-corrected chi connectivity index (χ1v) is 1.89. The van der Waals surface area contributed by atoms with Crippen molar-refractivity contribution in [2.24, 2.45) is 0 Å². The van der Waals surface area contributed by atoms with Crippen molar-refractivity contribution in [3.05, 3.63) is 6.42 Å². The second-order valence-electron chi connectivity index (χ2n) is 1.23. The third-order valence-corrected chi connectivity index (χ3v) is 0.716. The molecule has 0 unspecified atom stereocenters. The topological polar surface area (TPSA) is 31.2 Å². The highest BCUT2D eigenvalue weighted by Gasteiger charge is 2.08. The molecule has 1 saturated heterocycles. The Morgan fingerprint density at radius 3 is 2.83 bits per heavy atom. The molecule has 2 nitrogen and oxygen atoms in total. The molecule has 1 aliphatic rings. The molecular formula is C4H5NO. The average Bonchev–Trinajstić information content (AvgIpc) is 1.86. The fraction of sp³-hybridized carbons (Fsp3) is 0.500. The van der Waals surface area contributed by atoms with E-state index < -0.39 is 0 Å². The Kier molecular flexibility index (Phi) is 0.881. The van der Waals surface area contributed by atoms with Gasteiger partial charge in [0.25, 0.3) is 0 Å². The fourth-order valence-electron chi connectivity index (χ4n) is 0.406. The summed E-state index contributed by atoms with van der Waals surface area (Å²) in [5.41, 5.74) is 0. The maximum atomic E-state index is 10.1. The first kappa shape index (κ1) is 3.81. The zero-order valence-electron chi connectivity index (χ0n) is 3.35. The number of Topliss-reactive ketones (excluding diaryl/α,β-unsaturated/α-hetero) is 1. The van der Waals surface area contributed by atoms with E-state index in [9.17, 15) is 4.79 Å². The molecule has 2 heteroatoms. The van der Waals surface area contributed by atoms with Crippen molar-refractivity contribution in [3.8, 4) is 0 Å². The van der Waals surface area contributed by atoms with Crippen LogP contribution in [0.5, 0.6) is 0 Å². The normalized spacial score (nSPS) is 22.3. The van der Waals surface area contributed by atoms with Crippen LogP contribution in [-0.2, 0) is 4.79 Å². The van der Waals surface area contributed by atoms with Crippen LogP contribution < -0.4 is 5.32 Å². The van der Waals surface area contributed by atoms with E-state index in [2.05, 4.69) is 5.32 Å². The largest absolute Gasteiger partial charge is 0.298 e. The maximum Gasteiger partial charge on any atom is 0.153 e. The molecule has 0 amide bonds. The van der Waals surface area contributed by atoms with Crippen molar-refractivity contribution >= 4 is 5.78 Å².